The molecule has 1 heterocycles. The van der Waals surface area contributed by atoms with E-state index in [4.69, 9.17) is 21.1 Å². The Bertz CT molecular complexity index is 631. The highest BCUT2D eigenvalue weighted by atomic mass is 35.5. The number of amides is 2. The maximum Gasteiger partial charge on any atom is 0.315 e. The molecule has 2 aromatic rings. The molecule has 2 rings (SSSR count). The Balaban J connectivity index is 1.77. The molecule has 2 N–H and O–H groups in total. The molecule has 124 valence electrons. The number of hydrogen-bond acceptors (Lipinski definition) is 4. The summed E-state index contributed by atoms with van der Waals surface area (Å²) in [5.74, 6) is 0.788. The van der Waals surface area contributed by atoms with Crippen LogP contribution in [0.15, 0.2) is 36.4 Å². The number of benzene rings is 1. The van der Waals surface area contributed by atoms with Crippen LogP contribution in [0.25, 0.3) is 0 Å². The minimum absolute atomic E-state index is 0.209. The van der Waals surface area contributed by atoms with E-state index in [2.05, 4.69) is 10.6 Å². The summed E-state index contributed by atoms with van der Waals surface area (Å²) in [4.78, 5) is 12.9. The van der Waals surface area contributed by atoms with Crippen molar-refractivity contribution in [1.29, 1.82) is 0 Å². The van der Waals surface area contributed by atoms with Crippen LogP contribution in [-0.4, -0.2) is 26.8 Å². The first-order valence-electron chi connectivity index (χ1n) is 7.05. The number of halogens is 1. The van der Waals surface area contributed by atoms with Crippen molar-refractivity contribution in [2.75, 3.05) is 20.8 Å². The molecule has 0 aliphatic carbocycles. The molecule has 0 saturated heterocycles. The summed E-state index contributed by atoms with van der Waals surface area (Å²) < 4.78 is 11.2. The molecule has 0 spiro atoms. The molecule has 23 heavy (non-hydrogen) atoms. The van der Waals surface area contributed by atoms with Gasteiger partial charge >= 0.3 is 6.03 Å². The molecule has 0 bridgehead atoms. The van der Waals surface area contributed by atoms with Crippen molar-refractivity contribution in [1.82, 2.24) is 10.6 Å². The zero-order valence-corrected chi connectivity index (χ0v) is 14.5. The van der Waals surface area contributed by atoms with Gasteiger partial charge in [-0.3, -0.25) is 0 Å². The van der Waals surface area contributed by atoms with Gasteiger partial charge in [-0.2, -0.15) is 0 Å². The summed E-state index contributed by atoms with van der Waals surface area (Å²) in [6.07, 6.45) is -0.209. The van der Waals surface area contributed by atoms with Crippen molar-refractivity contribution < 1.29 is 14.3 Å². The number of hydrogen-bond donors (Lipinski definition) is 2. The van der Waals surface area contributed by atoms with Crippen molar-refractivity contribution in [2.45, 2.75) is 12.6 Å². The van der Waals surface area contributed by atoms with E-state index in [0.29, 0.717) is 17.4 Å². The van der Waals surface area contributed by atoms with Gasteiger partial charge < -0.3 is 20.1 Å². The molecule has 1 atom stereocenters. The molecule has 1 aromatic carbocycles. The first-order chi connectivity index (χ1) is 11.1. The number of methoxy groups -OCH3 is 2. The lowest BCUT2D eigenvalue weighted by atomic mass is 10.2. The minimum Gasteiger partial charge on any atom is -0.497 e. The number of thiophene rings is 1. The molecule has 2 amide bonds. The molecular formula is C16H19ClN2O3S. The molecule has 0 aliphatic heterocycles. The number of carbonyl (C=O) groups excluding carboxylic acids is 1. The fourth-order valence-corrected chi connectivity index (χ4v) is 3.11. The van der Waals surface area contributed by atoms with Crippen LogP contribution in [0.3, 0.4) is 0 Å². The van der Waals surface area contributed by atoms with Gasteiger partial charge in [0.2, 0.25) is 0 Å². The van der Waals surface area contributed by atoms with Gasteiger partial charge in [0.25, 0.3) is 0 Å². The Morgan fingerprint density at radius 3 is 2.48 bits per heavy atom. The van der Waals surface area contributed by atoms with Crippen molar-refractivity contribution in [2.24, 2.45) is 0 Å². The Morgan fingerprint density at radius 1 is 1.17 bits per heavy atom. The first-order valence-corrected chi connectivity index (χ1v) is 8.24. The second-order valence-electron chi connectivity index (χ2n) is 4.78. The summed E-state index contributed by atoms with van der Waals surface area (Å²) in [6, 6.07) is 11.0. The summed E-state index contributed by atoms with van der Waals surface area (Å²) in [7, 11) is 3.23. The number of urea groups is 1. The maximum atomic E-state index is 11.9. The average molecular weight is 355 g/mol. The van der Waals surface area contributed by atoms with E-state index in [1.54, 1.807) is 14.2 Å². The number of rotatable bonds is 7. The van der Waals surface area contributed by atoms with E-state index >= 15 is 0 Å². The van der Waals surface area contributed by atoms with Crippen LogP contribution in [-0.2, 0) is 11.3 Å². The SMILES string of the molecule is COc1ccc(CNC(=O)NC[C@H](OC)c2ccc(Cl)s2)cc1. The van der Waals surface area contributed by atoms with Crippen LogP contribution >= 0.6 is 22.9 Å². The zero-order chi connectivity index (χ0) is 16.7. The topological polar surface area (TPSA) is 59.6 Å². The van der Waals surface area contributed by atoms with E-state index < -0.39 is 0 Å². The molecule has 0 fully saturated rings. The van der Waals surface area contributed by atoms with Gasteiger partial charge in [-0.25, -0.2) is 4.79 Å². The van der Waals surface area contributed by atoms with Gasteiger partial charge in [0.05, 0.1) is 18.0 Å². The lowest BCUT2D eigenvalue weighted by molar-refractivity contribution is 0.107. The summed E-state index contributed by atoms with van der Waals surface area (Å²) in [5, 5.41) is 5.60. The van der Waals surface area contributed by atoms with Crippen LogP contribution in [0, 0.1) is 0 Å². The van der Waals surface area contributed by atoms with Gasteiger partial charge in [-0.05, 0) is 29.8 Å². The lowest BCUT2D eigenvalue weighted by Crippen LogP contribution is -2.37. The van der Waals surface area contributed by atoms with Crippen molar-refractivity contribution in [3.63, 3.8) is 0 Å². The van der Waals surface area contributed by atoms with E-state index in [1.165, 1.54) is 11.3 Å². The van der Waals surface area contributed by atoms with Crippen molar-refractivity contribution in [3.05, 3.63) is 51.2 Å². The smallest absolute Gasteiger partial charge is 0.315 e. The third kappa shape index (κ3) is 5.42. The quantitative estimate of drug-likeness (QED) is 0.798. The predicted octanol–water partition coefficient (Wildman–Crippen LogP) is 3.60. The molecule has 0 unspecified atom stereocenters. The molecule has 5 nitrogen and oxygen atoms in total. The monoisotopic (exact) mass is 354 g/mol. The van der Waals surface area contributed by atoms with Crippen LogP contribution in [0.5, 0.6) is 5.75 Å². The third-order valence-corrected chi connectivity index (χ3v) is 4.58. The highest BCUT2D eigenvalue weighted by Gasteiger charge is 2.14. The molecular weight excluding hydrogens is 336 g/mol. The number of nitrogens with one attached hydrogen (secondary N) is 2. The standard InChI is InChI=1S/C16H19ClN2O3S/c1-21-12-5-3-11(4-6-12)9-18-16(20)19-10-13(22-2)14-7-8-15(17)23-14/h3-8,13H,9-10H2,1-2H3,(H2,18,19,20)/t13-/m0/s1. The first kappa shape index (κ1) is 17.6. The van der Waals surface area contributed by atoms with E-state index in [-0.39, 0.29) is 12.1 Å². The van der Waals surface area contributed by atoms with Crippen molar-refractivity contribution >= 4 is 29.0 Å². The highest BCUT2D eigenvalue weighted by molar-refractivity contribution is 7.16. The van der Waals surface area contributed by atoms with Gasteiger partial charge in [-0.1, -0.05) is 23.7 Å². The van der Waals surface area contributed by atoms with Gasteiger partial charge in [0.15, 0.2) is 0 Å². The fourth-order valence-electron chi connectivity index (χ4n) is 1.98. The van der Waals surface area contributed by atoms with E-state index in [9.17, 15) is 4.79 Å². The summed E-state index contributed by atoms with van der Waals surface area (Å²) in [6.45, 7) is 0.820. The van der Waals surface area contributed by atoms with Crippen LogP contribution < -0.4 is 15.4 Å². The normalized spacial score (nSPS) is 11.8. The average Bonchev–Trinajstić information content (AvgIpc) is 3.00. The summed E-state index contributed by atoms with van der Waals surface area (Å²) >= 11 is 7.36. The Labute approximate surface area is 144 Å². The molecule has 1 aromatic heterocycles. The number of carbonyl (C=O) groups is 1. The van der Waals surface area contributed by atoms with E-state index in [1.807, 2.05) is 36.4 Å². The van der Waals surface area contributed by atoms with Gasteiger partial charge in [0, 0.05) is 18.5 Å². The number of ether oxygens (including phenoxy) is 2. The molecule has 0 saturated carbocycles. The van der Waals surface area contributed by atoms with Crippen LogP contribution in [0.4, 0.5) is 4.79 Å². The molecule has 0 aliphatic rings. The minimum atomic E-state index is -0.245. The zero-order valence-electron chi connectivity index (χ0n) is 13.0. The second kappa shape index (κ2) is 8.76. The molecule has 0 radical (unpaired) electrons. The Kier molecular flexibility index (Phi) is 6.70. The van der Waals surface area contributed by atoms with Crippen molar-refractivity contribution in [3.8, 4) is 5.75 Å². The van der Waals surface area contributed by atoms with E-state index in [0.717, 1.165) is 16.2 Å². The van der Waals surface area contributed by atoms with Crippen LogP contribution in [0.1, 0.15) is 16.5 Å². The highest BCUT2D eigenvalue weighted by Crippen LogP contribution is 2.28. The maximum absolute atomic E-state index is 11.9. The fraction of sp³-hybridized carbons (Fsp3) is 0.312. The van der Waals surface area contributed by atoms with Gasteiger partial charge in [-0.15, -0.1) is 11.3 Å². The largest absolute Gasteiger partial charge is 0.497 e. The second-order valence-corrected chi connectivity index (χ2v) is 6.52. The Hall–Kier alpha value is -1.76. The lowest BCUT2D eigenvalue weighted by Gasteiger charge is -2.15. The Morgan fingerprint density at radius 2 is 1.91 bits per heavy atom. The molecule has 7 heteroatoms. The third-order valence-electron chi connectivity index (χ3n) is 3.26. The predicted molar refractivity (Wildman–Crippen MR) is 92.3 cm³/mol. The summed E-state index contributed by atoms with van der Waals surface area (Å²) in [5.41, 5.74) is 0.995. The van der Waals surface area contributed by atoms with Crippen LogP contribution in [0.2, 0.25) is 4.34 Å². The van der Waals surface area contributed by atoms with Gasteiger partial charge in [0.1, 0.15) is 11.9 Å².